The molecular formula is C25H27ClN4O5. The Balaban J connectivity index is 1.98. The van der Waals surface area contributed by atoms with Crippen LogP contribution < -0.4 is 5.56 Å². The van der Waals surface area contributed by atoms with Crippen LogP contribution in [0.1, 0.15) is 65.1 Å². The van der Waals surface area contributed by atoms with Crippen LogP contribution in [0.15, 0.2) is 47.3 Å². The van der Waals surface area contributed by atoms with Gasteiger partial charge in [-0.1, -0.05) is 38.4 Å². The molecule has 0 aliphatic heterocycles. The third kappa shape index (κ3) is 5.51. The number of nitrogens with zero attached hydrogens (tertiary/aromatic N) is 3. The normalized spacial score (nSPS) is 11.0. The lowest BCUT2D eigenvalue weighted by atomic mass is 10.0. The number of halogens is 1. The van der Waals surface area contributed by atoms with Crippen molar-refractivity contribution < 1.29 is 14.5 Å². The standard InChI is InChI=1S/C25H27ClN4O5/c1-5-12-28(24(32)17-7-6-16(4)20(13-17)30(34)35)14-21(31)22-23(15(2)3)27-29(25(22)33)19-10-8-18(26)9-11-19/h6-11,13,15,27H,5,12,14H2,1-4H3. The van der Waals surface area contributed by atoms with Gasteiger partial charge in [0.15, 0.2) is 5.78 Å². The minimum Gasteiger partial charge on any atom is -0.331 e. The molecule has 1 amide bonds. The van der Waals surface area contributed by atoms with Crippen LogP contribution >= 0.6 is 11.6 Å². The van der Waals surface area contributed by atoms with E-state index in [1.807, 2.05) is 20.8 Å². The SMILES string of the molecule is CCCN(CC(=O)c1c(C(C)C)[nH]n(-c2ccc(Cl)cc2)c1=O)C(=O)c1ccc(C)c([N+](=O)[O-])c1. The Labute approximate surface area is 207 Å². The number of rotatable bonds is 9. The van der Waals surface area contributed by atoms with Gasteiger partial charge in [-0.25, -0.2) is 4.68 Å². The summed E-state index contributed by atoms with van der Waals surface area (Å²) in [5, 5.41) is 14.8. The van der Waals surface area contributed by atoms with Crippen molar-refractivity contribution in [3.63, 3.8) is 0 Å². The molecule has 10 heteroatoms. The number of aromatic nitrogens is 2. The summed E-state index contributed by atoms with van der Waals surface area (Å²) in [6, 6.07) is 10.8. The van der Waals surface area contributed by atoms with Gasteiger partial charge in [0.25, 0.3) is 17.2 Å². The predicted octanol–water partition coefficient (Wildman–Crippen LogP) is 4.89. The maximum absolute atomic E-state index is 13.4. The lowest BCUT2D eigenvalue weighted by Gasteiger charge is -2.21. The number of H-pyrrole nitrogens is 1. The van der Waals surface area contributed by atoms with Crippen molar-refractivity contribution in [3.8, 4) is 5.69 Å². The van der Waals surface area contributed by atoms with Crippen LogP contribution in [0.4, 0.5) is 5.69 Å². The quantitative estimate of drug-likeness (QED) is 0.256. The highest BCUT2D eigenvalue weighted by Gasteiger charge is 2.27. The molecule has 0 spiro atoms. The van der Waals surface area contributed by atoms with Gasteiger partial charge in [-0.3, -0.25) is 29.6 Å². The number of nitro groups is 1. The fourth-order valence-electron chi connectivity index (χ4n) is 3.81. The van der Waals surface area contributed by atoms with E-state index in [2.05, 4.69) is 5.10 Å². The third-order valence-corrected chi connectivity index (χ3v) is 5.88. The molecule has 1 aromatic heterocycles. The van der Waals surface area contributed by atoms with Gasteiger partial charge in [-0.2, -0.15) is 0 Å². The van der Waals surface area contributed by atoms with E-state index in [0.717, 1.165) is 0 Å². The molecule has 3 aromatic rings. The molecule has 1 N–H and O–H groups in total. The van der Waals surface area contributed by atoms with Gasteiger partial charge in [-0.15, -0.1) is 0 Å². The fourth-order valence-corrected chi connectivity index (χ4v) is 3.94. The van der Waals surface area contributed by atoms with Crippen molar-refractivity contribution in [3.05, 3.63) is 90.3 Å². The Bertz CT molecular complexity index is 1320. The Hall–Kier alpha value is -3.72. The average Bonchev–Trinajstić information content (AvgIpc) is 3.16. The van der Waals surface area contributed by atoms with Gasteiger partial charge >= 0.3 is 0 Å². The maximum atomic E-state index is 13.4. The predicted molar refractivity (Wildman–Crippen MR) is 134 cm³/mol. The summed E-state index contributed by atoms with van der Waals surface area (Å²) in [5.74, 6) is -1.18. The first kappa shape index (κ1) is 25.9. The molecule has 0 unspecified atom stereocenters. The van der Waals surface area contributed by atoms with Crippen molar-refractivity contribution in [1.82, 2.24) is 14.7 Å². The minimum atomic E-state index is -0.546. The van der Waals surface area contributed by atoms with Crippen LogP contribution in [0.3, 0.4) is 0 Å². The highest BCUT2D eigenvalue weighted by molar-refractivity contribution is 6.30. The Kier molecular flexibility index (Phi) is 7.91. The first-order valence-electron chi connectivity index (χ1n) is 11.2. The number of aryl methyl sites for hydroxylation is 1. The Morgan fingerprint density at radius 1 is 1.17 bits per heavy atom. The second kappa shape index (κ2) is 10.7. The van der Waals surface area contributed by atoms with Crippen LogP contribution in [-0.2, 0) is 0 Å². The number of aromatic amines is 1. The maximum Gasteiger partial charge on any atom is 0.282 e. The van der Waals surface area contributed by atoms with E-state index in [4.69, 9.17) is 11.6 Å². The van der Waals surface area contributed by atoms with Gasteiger partial charge < -0.3 is 4.90 Å². The molecule has 2 aromatic carbocycles. The van der Waals surface area contributed by atoms with E-state index >= 15 is 0 Å². The second-order valence-electron chi connectivity index (χ2n) is 8.58. The molecule has 0 saturated carbocycles. The molecular weight excluding hydrogens is 472 g/mol. The van der Waals surface area contributed by atoms with Crippen molar-refractivity contribution >= 4 is 29.0 Å². The van der Waals surface area contributed by atoms with Gasteiger partial charge in [-0.05, 0) is 49.6 Å². The van der Waals surface area contributed by atoms with Gasteiger partial charge in [0.1, 0.15) is 5.56 Å². The Morgan fingerprint density at radius 3 is 2.40 bits per heavy atom. The summed E-state index contributed by atoms with van der Waals surface area (Å²) in [4.78, 5) is 51.9. The van der Waals surface area contributed by atoms with E-state index in [0.29, 0.717) is 28.4 Å². The van der Waals surface area contributed by atoms with Crippen LogP contribution in [0.5, 0.6) is 0 Å². The molecule has 0 fully saturated rings. The molecule has 0 bridgehead atoms. The molecule has 184 valence electrons. The summed E-state index contributed by atoms with van der Waals surface area (Å²) < 4.78 is 1.29. The van der Waals surface area contributed by atoms with Crippen LogP contribution in [-0.4, -0.2) is 44.4 Å². The topological polar surface area (TPSA) is 118 Å². The Morgan fingerprint density at radius 2 is 1.83 bits per heavy atom. The summed E-state index contributed by atoms with van der Waals surface area (Å²) in [5.41, 5.74) is 0.826. The molecule has 0 radical (unpaired) electrons. The summed E-state index contributed by atoms with van der Waals surface area (Å²) in [6.07, 6.45) is 0.562. The summed E-state index contributed by atoms with van der Waals surface area (Å²) in [6.45, 7) is 7.07. The molecule has 9 nitrogen and oxygen atoms in total. The van der Waals surface area contributed by atoms with Gasteiger partial charge in [0.2, 0.25) is 0 Å². The zero-order chi connectivity index (χ0) is 25.9. The number of ketones is 1. The van der Waals surface area contributed by atoms with Crippen molar-refractivity contribution in [1.29, 1.82) is 0 Å². The number of amides is 1. The first-order chi connectivity index (χ1) is 16.5. The second-order valence-corrected chi connectivity index (χ2v) is 9.02. The summed E-state index contributed by atoms with van der Waals surface area (Å²) in [7, 11) is 0. The molecule has 35 heavy (non-hydrogen) atoms. The first-order valence-corrected chi connectivity index (χ1v) is 11.6. The molecule has 0 aliphatic carbocycles. The van der Waals surface area contributed by atoms with E-state index in [9.17, 15) is 24.5 Å². The van der Waals surface area contributed by atoms with Crippen LogP contribution in [0, 0.1) is 17.0 Å². The monoisotopic (exact) mass is 498 g/mol. The lowest BCUT2D eigenvalue weighted by Crippen LogP contribution is -2.38. The van der Waals surface area contributed by atoms with Gasteiger partial charge in [0, 0.05) is 28.8 Å². The number of nitrogens with one attached hydrogen (secondary N) is 1. The van der Waals surface area contributed by atoms with Crippen molar-refractivity contribution in [2.75, 3.05) is 13.1 Å². The fraction of sp³-hybridized carbons (Fsp3) is 0.320. The number of carbonyl (C=O) groups is 2. The lowest BCUT2D eigenvalue weighted by molar-refractivity contribution is -0.385. The zero-order valence-corrected chi connectivity index (χ0v) is 20.8. The number of nitro benzene ring substituents is 1. The number of carbonyl (C=O) groups excluding carboxylic acids is 2. The molecule has 0 atom stereocenters. The average molecular weight is 499 g/mol. The van der Waals surface area contributed by atoms with Crippen molar-refractivity contribution in [2.45, 2.75) is 40.0 Å². The van der Waals surface area contributed by atoms with E-state index in [1.54, 1.807) is 31.2 Å². The number of hydrogen-bond donors (Lipinski definition) is 1. The molecule has 0 aliphatic rings. The van der Waals surface area contributed by atoms with E-state index in [-0.39, 0.29) is 35.8 Å². The van der Waals surface area contributed by atoms with E-state index < -0.39 is 22.2 Å². The number of Topliss-reactive ketones (excluding diaryl/α,β-unsaturated/α-hetero) is 1. The zero-order valence-electron chi connectivity index (χ0n) is 20.0. The van der Waals surface area contributed by atoms with Crippen LogP contribution in [0.25, 0.3) is 5.69 Å². The van der Waals surface area contributed by atoms with Crippen LogP contribution in [0.2, 0.25) is 5.02 Å². The number of hydrogen-bond acceptors (Lipinski definition) is 5. The third-order valence-electron chi connectivity index (χ3n) is 5.63. The number of benzene rings is 2. The minimum absolute atomic E-state index is 0.0151. The smallest absolute Gasteiger partial charge is 0.282 e. The highest BCUT2D eigenvalue weighted by Crippen LogP contribution is 2.22. The van der Waals surface area contributed by atoms with E-state index in [1.165, 1.54) is 27.8 Å². The molecule has 0 saturated heterocycles. The highest BCUT2D eigenvalue weighted by atomic mass is 35.5. The molecule has 3 rings (SSSR count). The van der Waals surface area contributed by atoms with Gasteiger partial charge in [0.05, 0.1) is 22.8 Å². The van der Waals surface area contributed by atoms with Crippen molar-refractivity contribution in [2.24, 2.45) is 0 Å². The molecule has 1 heterocycles. The summed E-state index contributed by atoms with van der Waals surface area (Å²) >= 11 is 5.95. The largest absolute Gasteiger partial charge is 0.331 e.